The van der Waals surface area contributed by atoms with Crippen molar-refractivity contribution in [2.24, 2.45) is 0 Å². The molecule has 0 atom stereocenters. The van der Waals surface area contributed by atoms with Crippen molar-refractivity contribution in [3.05, 3.63) is 17.8 Å². The molecule has 0 aliphatic rings. The van der Waals surface area contributed by atoms with Crippen LogP contribution in [0.2, 0.25) is 0 Å². The molecule has 0 bridgehead atoms. The van der Waals surface area contributed by atoms with Crippen molar-refractivity contribution < 1.29 is 14.3 Å². The van der Waals surface area contributed by atoms with E-state index in [-0.39, 0.29) is 5.76 Å². The van der Waals surface area contributed by atoms with Gasteiger partial charge in [0.05, 0.1) is 12.7 Å². The molecule has 5 nitrogen and oxygen atoms in total. The highest BCUT2D eigenvalue weighted by atomic mass is 16.4. The van der Waals surface area contributed by atoms with E-state index in [0.717, 1.165) is 0 Å². The van der Waals surface area contributed by atoms with Gasteiger partial charge in [0.2, 0.25) is 11.7 Å². The standard InChI is InChI=1S/C7H10N2O3/c1-9(2)4-6-8-3-5(12-6)7(10)11/h3H,4H2,1-2H3,(H,10,11). The summed E-state index contributed by atoms with van der Waals surface area (Å²) >= 11 is 0. The van der Waals surface area contributed by atoms with Gasteiger partial charge in [0.1, 0.15) is 0 Å². The Balaban J connectivity index is 2.71. The maximum Gasteiger partial charge on any atom is 0.373 e. The van der Waals surface area contributed by atoms with E-state index in [0.29, 0.717) is 12.4 Å². The number of carboxylic acids is 1. The number of carboxylic acid groups (broad SMARTS) is 1. The van der Waals surface area contributed by atoms with Gasteiger partial charge in [-0.3, -0.25) is 0 Å². The third kappa shape index (κ3) is 2.06. The monoisotopic (exact) mass is 170 g/mol. The Morgan fingerprint density at radius 2 is 2.42 bits per heavy atom. The summed E-state index contributed by atoms with van der Waals surface area (Å²) in [5.74, 6) is -0.795. The van der Waals surface area contributed by atoms with Crippen LogP contribution in [-0.2, 0) is 6.54 Å². The number of aromatic nitrogens is 1. The summed E-state index contributed by atoms with van der Waals surface area (Å²) in [7, 11) is 3.70. The van der Waals surface area contributed by atoms with Crippen molar-refractivity contribution in [1.82, 2.24) is 9.88 Å². The van der Waals surface area contributed by atoms with Gasteiger partial charge in [-0.25, -0.2) is 9.78 Å². The molecule has 1 aromatic rings. The predicted molar refractivity (Wildman–Crippen MR) is 40.9 cm³/mol. The van der Waals surface area contributed by atoms with Crippen LogP contribution in [0.1, 0.15) is 16.4 Å². The third-order valence-electron chi connectivity index (χ3n) is 1.22. The van der Waals surface area contributed by atoms with Crippen molar-refractivity contribution in [1.29, 1.82) is 0 Å². The molecule has 0 fully saturated rings. The van der Waals surface area contributed by atoms with Crippen LogP contribution in [0, 0.1) is 0 Å². The molecule has 0 aliphatic carbocycles. The van der Waals surface area contributed by atoms with E-state index in [1.807, 2.05) is 19.0 Å². The molecule has 0 unspecified atom stereocenters. The molecule has 0 amide bonds. The molecule has 1 aromatic heterocycles. The first kappa shape index (κ1) is 8.73. The normalized spacial score (nSPS) is 10.6. The first-order valence-electron chi connectivity index (χ1n) is 3.42. The number of rotatable bonds is 3. The lowest BCUT2D eigenvalue weighted by Gasteiger charge is -2.03. The van der Waals surface area contributed by atoms with E-state index >= 15 is 0 Å². The second-order valence-corrected chi connectivity index (χ2v) is 2.66. The van der Waals surface area contributed by atoms with Gasteiger partial charge < -0.3 is 14.4 Å². The number of oxazole rings is 1. The van der Waals surface area contributed by atoms with Crippen LogP contribution in [0.3, 0.4) is 0 Å². The summed E-state index contributed by atoms with van der Waals surface area (Å²) in [5.41, 5.74) is 0. The Morgan fingerprint density at radius 3 is 2.83 bits per heavy atom. The first-order chi connectivity index (χ1) is 5.59. The van der Waals surface area contributed by atoms with Crippen LogP contribution in [0.15, 0.2) is 10.6 Å². The Morgan fingerprint density at radius 1 is 1.75 bits per heavy atom. The Labute approximate surface area is 69.6 Å². The highest BCUT2D eigenvalue weighted by molar-refractivity contribution is 5.83. The molecule has 0 saturated heterocycles. The zero-order valence-corrected chi connectivity index (χ0v) is 6.94. The predicted octanol–water partition coefficient (Wildman–Crippen LogP) is 0.434. The van der Waals surface area contributed by atoms with E-state index in [2.05, 4.69) is 4.98 Å². The fourth-order valence-corrected chi connectivity index (χ4v) is 0.753. The maximum absolute atomic E-state index is 10.4. The Bertz CT molecular complexity index is 280. The second kappa shape index (κ2) is 3.36. The lowest BCUT2D eigenvalue weighted by Crippen LogP contribution is -2.10. The second-order valence-electron chi connectivity index (χ2n) is 2.66. The smallest absolute Gasteiger partial charge is 0.373 e. The Hall–Kier alpha value is -1.36. The fourth-order valence-electron chi connectivity index (χ4n) is 0.753. The van der Waals surface area contributed by atoms with Crippen LogP contribution in [0.25, 0.3) is 0 Å². The summed E-state index contributed by atoms with van der Waals surface area (Å²) in [6.45, 7) is 0.507. The fraction of sp³-hybridized carbons (Fsp3) is 0.429. The summed E-state index contributed by atoms with van der Waals surface area (Å²) < 4.78 is 4.90. The van der Waals surface area contributed by atoms with Crippen LogP contribution in [0.4, 0.5) is 0 Å². The van der Waals surface area contributed by atoms with Gasteiger partial charge >= 0.3 is 5.97 Å². The lowest BCUT2D eigenvalue weighted by atomic mass is 10.5. The zero-order valence-electron chi connectivity index (χ0n) is 6.94. The van der Waals surface area contributed by atoms with Crippen LogP contribution in [0.5, 0.6) is 0 Å². The van der Waals surface area contributed by atoms with E-state index in [9.17, 15) is 4.79 Å². The number of carbonyl (C=O) groups is 1. The van der Waals surface area contributed by atoms with Crippen LogP contribution in [-0.4, -0.2) is 35.1 Å². The minimum Gasteiger partial charge on any atom is -0.475 e. The van der Waals surface area contributed by atoms with Crippen molar-refractivity contribution >= 4 is 5.97 Å². The SMILES string of the molecule is CN(C)Cc1ncc(C(=O)O)o1. The van der Waals surface area contributed by atoms with Crippen molar-refractivity contribution in [3.8, 4) is 0 Å². The topological polar surface area (TPSA) is 66.6 Å². The summed E-state index contributed by atoms with van der Waals surface area (Å²) in [5, 5.41) is 8.48. The minimum atomic E-state index is -1.09. The molecule has 0 radical (unpaired) electrons. The van der Waals surface area contributed by atoms with Crippen molar-refractivity contribution in [2.45, 2.75) is 6.54 Å². The molecular weight excluding hydrogens is 160 g/mol. The molecule has 0 spiro atoms. The molecule has 1 rings (SSSR count). The zero-order chi connectivity index (χ0) is 9.14. The van der Waals surface area contributed by atoms with E-state index < -0.39 is 5.97 Å². The summed E-state index contributed by atoms with van der Waals surface area (Å²) in [4.78, 5) is 16.0. The summed E-state index contributed by atoms with van der Waals surface area (Å²) in [6, 6.07) is 0. The highest BCUT2D eigenvalue weighted by Gasteiger charge is 2.10. The number of hydrogen-bond donors (Lipinski definition) is 1. The van der Waals surface area contributed by atoms with Gasteiger partial charge in [-0.1, -0.05) is 0 Å². The maximum atomic E-state index is 10.4. The first-order valence-corrected chi connectivity index (χ1v) is 3.42. The van der Waals surface area contributed by atoms with E-state index in [4.69, 9.17) is 9.52 Å². The third-order valence-corrected chi connectivity index (χ3v) is 1.22. The van der Waals surface area contributed by atoms with Gasteiger partial charge in [0.25, 0.3) is 0 Å². The van der Waals surface area contributed by atoms with Gasteiger partial charge in [-0.15, -0.1) is 0 Å². The number of nitrogens with zero attached hydrogens (tertiary/aromatic N) is 2. The molecule has 12 heavy (non-hydrogen) atoms. The number of hydrogen-bond acceptors (Lipinski definition) is 4. The molecule has 66 valence electrons. The van der Waals surface area contributed by atoms with Crippen LogP contribution >= 0.6 is 0 Å². The molecule has 0 aromatic carbocycles. The molecule has 1 N–H and O–H groups in total. The van der Waals surface area contributed by atoms with E-state index in [1.165, 1.54) is 6.20 Å². The van der Waals surface area contributed by atoms with Crippen LogP contribution < -0.4 is 0 Å². The van der Waals surface area contributed by atoms with Crippen molar-refractivity contribution in [2.75, 3.05) is 14.1 Å². The summed E-state index contributed by atoms with van der Waals surface area (Å²) in [6.07, 6.45) is 1.21. The van der Waals surface area contributed by atoms with E-state index in [1.54, 1.807) is 0 Å². The highest BCUT2D eigenvalue weighted by Crippen LogP contribution is 2.04. The van der Waals surface area contributed by atoms with Gasteiger partial charge in [0, 0.05) is 0 Å². The molecule has 0 aliphatic heterocycles. The number of aromatic carboxylic acids is 1. The average molecular weight is 170 g/mol. The molecule has 0 saturated carbocycles. The van der Waals surface area contributed by atoms with Gasteiger partial charge in [0.15, 0.2) is 0 Å². The van der Waals surface area contributed by atoms with Gasteiger partial charge in [-0.2, -0.15) is 0 Å². The average Bonchev–Trinajstić information content (AvgIpc) is 2.34. The molecular formula is C7H10N2O3. The largest absolute Gasteiger partial charge is 0.475 e. The quantitative estimate of drug-likeness (QED) is 0.712. The molecule has 5 heteroatoms. The molecule has 1 heterocycles. The minimum absolute atomic E-state index is 0.119. The Kier molecular flexibility index (Phi) is 2.44. The lowest BCUT2D eigenvalue weighted by molar-refractivity contribution is 0.0659. The van der Waals surface area contributed by atoms with Crippen molar-refractivity contribution in [3.63, 3.8) is 0 Å². The van der Waals surface area contributed by atoms with Gasteiger partial charge in [-0.05, 0) is 14.1 Å².